The molecule has 0 aromatic heterocycles. The zero-order valence-electron chi connectivity index (χ0n) is 15.8. The highest BCUT2D eigenvalue weighted by molar-refractivity contribution is 5.92. The van der Waals surface area contributed by atoms with Crippen LogP contribution in [0.25, 0.3) is 0 Å². The van der Waals surface area contributed by atoms with Crippen molar-refractivity contribution in [1.82, 2.24) is 5.32 Å². The number of ether oxygens (including phenoxy) is 2. The van der Waals surface area contributed by atoms with Gasteiger partial charge in [0.05, 0.1) is 11.8 Å². The molecule has 2 N–H and O–H groups in total. The molecule has 144 valence electrons. The Bertz CT molecular complexity index is 566. The highest BCUT2D eigenvalue weighted by atomic mass is 16.5. The summed E-state index contributed by atoms with van der Waals surface area (Å²) in [6.07, 6.45) is 6.42. The first-order chi connectivity index (χ1) is 12.7. The molecule has 2 aliphatic heterocycles. The molecule has 2 fully saturated rings. The Morgan fingerprint density at radius 1 is 1.27 bits per heavy atom. The molecular formula is C21H32N2O3. The van der Waals surface area contributed by atoms with E-state index in [1.165, 1.54) is 6.42 Å². The van der Waals surface area contributed by atoms with Gasteiger partial charge in [0.25, 0.3) is 0 Å². The minimum Gasteiger partial charge on any atom is -0.489 e. The van der Waals surface area contributed by atoms with E-state index in [9.17, 15) is 4.79 Å². The molecule has 1 aromatic carbocycles. The largest absolute Gasteiger partial charge is 0.489 e. The van der Waals surface area contributed by atoms with Gasteiger partial charge in [-0.2, -0.15) is 0 Å². The molecule has 5 heteroatoms. The second-order valence-electron chi connectivity index (χ2n) is 7.61. The Balaban J connectivity index is 1.50. The summed E-state index contributed by atoms with van der Waals surface area (Å²) in [7, 11) is 0. The van der Waals surface area contributed by atoms with E-state index >= 15 is 0 Å². The lowest BCUT2D eigenvalue weighted by Crippen LogP contribution is -2.32. The van der Waals surface area contributed by atoms with Crippen molar-refractivity contribution in [2.24, 2.45) is 11.8 Å². The van der Waals surface area contributed by atoms with Gasteiger partial charge in [-0.05, 0) is 69.2 Å². The summed E-state index contributed by atoms with van der Waals surface area (Å²) in [4.78, 5) is 12.5. The molecule has 2 unspecified atom stereocenters. The molecule has 2 aliphatic rings. The SMILES string of the molecule is CC(CC(=O)Nc1ccccc1OCC1CCCCO1)C1CCNCC1. The first kappa shape index (κ1) is 19.2. The second-order valence-corrected chi connectivity index (χ2v) is 7.61. The number of anilines is 1. The second kappa shape index (κ2) is 9.93. The summed E-state index contributed by atoms with van der Waals surface area (Å²) >= 11 is 0. The monoisotopic (exact) mass is 360 g/mol. The first-order valence-corrected chi connectivity index (χ1v) is 10.1. The molecular weight excluding hydrogens is 328 g/mol. The number of carbonyl (C=O) groups is 1. The number of hydrogen-bond acceptors (Lipinski definition) is 4. The lowest BCUT2D eigenvalue weighted by Gasteiger charge is -2.28. The smallest absolute Gasteiger partial charge is 0.224 e. The van der Waals surface area contributed by atoms with Gasteiger partial charge < -0.3 is 20.1 Å². The van der Waals surface area contributed by atoms with Gasteiger partial charge in [-0.15, -0.1) is 0 Å². The highest BCUT2D eigenvalue weighted by Gasteiger charge is 2.22. The van der Waals surface area contributed by atoms with Gasteiger partial charge in [0, 0.05) is 13.0 Å². The number of para-hydroxylation sites is 2. The normalized spacial score (nSPS) is 22.6. The Hall–Kier alpha value is -1.59. The van der Waals surface area contributed by atoms with Crippen molar-refractivity contribution in [3.8, 4) is 5.75 Å². The lowest BCUT2D eigenvalue weighted by molar-refractivity contribution is -0.117. The lowest BCUT2D eigenvalue weighted by atomic mass is 9.84. The van der Waals surface area contributed by atoms with Gasteiger partial charge >= 0.3 is 0 Å². The van der Waals surface area contributed by atoms with Crippen LogP contribution in [0.15, 0.2) is 24.3 Å². The standard InChI is InChI=1S/C21H32N2O3/c1-16(17-9-11-22-12-10-17)14-21(24)23-19-7-2-3-8-20(19)26-15-18-6-4-5-13-25-18/h2-3,7-8,16-18,22H,4-6,9-15H2,1H3,(H,23,24). The van der Waals surface area contributed by atoms with Gasteiger partial charge in [-0.3, -0.25) is 4.79 Å². The summed E-state index contributed by atoms with van der Waals surface area (Å²) in [5.74, 6) is 1.84. The molecule has 1 aromatic rings. The van der Waals surface area contributed by atoms with E-state index in [1.807, 2.05) is 24.3 Å². The molecule has 0 aliphatic carbocycles. The van der Waals surface area contributed by atoms with Gasteiger partial charge in [0.2, 0.25) is 5.91 Å². The van der Waals surface area contributed by atoms with Crippen LogP contribution in [0.1, 0.15) is 45.4 Å². The average Bonchev–Trinajstić information content (AvgIpc) is 2.68. The third-order valence-corrected chi connectivity index (χ3v) is 5.56. The average molecular weight is 360 g/mol. The Labute approximate surface area is 156 Å². The predicted octanol–water partition coefficient (Wildman–Crippen LogP) is 3.60. The number of amides is 1. The van der Waals surface area contributed by atoms with Crippen molar-refractivity contribution in [3.05, 3.63) is 24.3 Å². The molecule has 2 saturated heterocycles. The molecule has 0 saturated carbocycles. The van der Waals surface area contributed by atoms with E-state index in [-0.39, 0.29) is 12.0 Å². The maximum Gasteiger partial charge on any atom is 0.224 e. The fourth-order valence-corrected chi connectivity index (χ4v) is 3.89. The van der Waals surface area contributed by atoms with E-state index < -0.39 is 0 Å². The fraction of sp³-hybridized carbons (Fsp3) is 0.667. The van der Waals surface area contributed by atoms with Crippen LogP contribution >= 0.6 is 0 Å². The maximum atomic E-state index is 12.5. The van der Waals surface area contributed by atoms with E-state index in [4.69, 9.17) is 9.47 Å². The number of piperidine rings is 1. The summed E-state index contributed by atoms with van der Waals surface area (Å²) in [6, 6.07) is 7.68. The van der Waals surface area contributed by atoms with Crippen molar-refractivity contribution >= 4 is 11.6 Å². The Morgan fingerprint density at radius 2 is 2.08 bits per heavy atom. The Morgan fingerprint density at radius 3 is 2.85 bits per heavy atom. The van der Waals surface area contributed by atoms with Crippen LogP contribution in [0.4, 0.5) is 5.69 Å². The van der Waals surface area contributed by atoms with Crippen LogP contribution in [0.5, 0.6) is 5.75 Å². The quantitative estimate of drug-likeness (QED) is 0.780. The topological polar surface area (TPSA) is 59.6 Å². The number of rotatable bonds is 7. The van der Waals surface area contributed by atoms with Gasteiger partial charge in [-0.25, -0.2) is 0 Å². The first-order valence-electron chi connectivity index (χ1n) is 10.1. The molecule has 26 heavy (non-hydrogen) atoms. The van der Waals surface area contributed by atoms with Gasteiger partial charge in [-0.1, -0.05) is 19.1 Å². The van der Waals surface area contributed by atoms with Crippen LogP contribution in [0.2, 0.25) is 0 Å². The van der Waals surface area contributed by atoms with E-state index in [0.29, 0.717) is 24.9 Å². The van der Waals surface area contributed by atoms with Crippen molar-refractivity contribution in [2.75, 3.05) is 31.6 Å². The molecule has 0 radical (unpaired) electrons. The fourth-order valence-electron chi connectivity index (χ4n) is 3.89. The van der Waals surface area contributed by atoms with E-state index in [1.54, 1.807) is 0 Å². The van der Waals surface area contributed by atoms with Crippen molar-refractivity contribution < 1.29 is 14.3 Å². The van der Waals surface area contributed by atoms with Crippen LogP contribution < -0.4 is 15.4 Å². The number of nitrogens with one attached hydrogen (secondary N) is 2. The molecule has 2 heterocycles. The van der Waals surface area contributed by atoms with Crippen molar-refractivity contribution in [2.45, 2.75) is 51.6 Å². The molecule has 5 nitrogen and oxygen atoms in total. The van der Waals surface area contributed by atoms with E-state index in [2.05, 4.69) is 17.6 Å². The summed E-state index contributed by atoms with van der Waals surface area (Å²) in [5.41, 5.74) is 0.755. The summed E-state index contributed by atoms with van der Waals surface area (Å²) < 4.78 is 11.7. The maximum absolute atomic E-state index is 12.5. The minimum absolute atomic E-state index is 0.0704. The summed E-state index contributed by atoms with van der Waals surface area (Å²) in [6.45, 7) is 5.69. The van der Waals surface area contributed by atoms with Gasteiger partial charge in [0.15, 0.2) is 0 Å². The van der Waals surface area contributed by atoms with Crippen LogP contribution in [0.3, 0.4) is 0 Å². The minimum atomic E-state index is 0.0704. The third kappa shape index (κ3) is 5.71. The van der Waals surface area contributed by atoms with Crippen LogP contribution in [-0.2, 0) is 9.53 Å². The summed E-state index contributed by atoms with van der Waals surface area (Å²) in [5, 5.41) is 6.43. The van der Waals surface area contributed by atoms with Crippen molar-refractivity contribution in [3.63, 3.8) is 0 Å². The van der Waals surface area contributed by atoms with Crippen LogP contribution in [-0.4, -0.2) is 38.3 Å². The predicted molar refractivity (Wildman–Crippen MR) is 104 cm³/mol. The highest BCUT2D eigenvalue weighted by Crippen LogP contribution is 2.28. The number of hydrogen-bond donors (Lipinski definition) is 2. The van der Waals surface area contributed by atoms with Crippen molar-refractivity contribution in [1.29, 1.82) is 0 Å². The molecule has 1 amide bonds. The molecule has 0 bridgehead atoms. The molecule has 2 atom stereocenters. The van der Waals surface area contributed by atoms with E-state index in [0.717, 1.165) is 56.8 Å². The number of benzene rings is 1. The zero-order chi connectivity index (χ0) is 18.2. The molecule has 0 spiro atoms. The Kier molecular flexibility index (Phi) is 7.32. The number of carbonyl (C=O) groups excluding carboxylic acids is 1. The zero-order valence-corrected chi connectivity index (χ0v) is 15.8. The van der Waals surface area contributed by atoms with Gasteiger partial charge in [0.1, 0.15) is 12.4 Å². The van der Waals surface area contributed by atoms with Crippen LogP contribution in [0, 0.1) is 11.8 Å². The third-order valence-electron chi connectivity index (χ3n) is 5.56. The molecule has 3 rings (SSSR count).